The largest absolute Gasteiger partial charge is 0.476 e. The third-order valence-electron chi connectivity index (χ3n) is 3.34. The number of allylic oxidation sites excluding steroid dienone is 4. The van der Waals surface area contributed by atoms with E-state index in [0.29, 0.717) is 6.42 Å². The highest BCUT2D eigenvalue weighted by molar-refractivity contribution is 6.32. The van der Waals surface area contributed by atoms with Gasteiger partial charge in [-0.2, -0.15) is 0 Å². The number of carbonyl (C=O) groups is 2. The number of carbonyl (C=O) groups excluding carboxylic acids is 1. The zero-order chi connectivity index (χ0) is 15.8. The summed E-state index contributed by atoms with van der Waals surface area (Å²) in [7, 11) is 0. The Labute approximate surface area is 129 Å². The molecule has 0 spiro atoms. The Bertz CT molecular complexity index is 329. The van der Waals surface area contributed by atoms with Gasteiger partial charge in [0, 0.05) is 6.42 Å². The fourth-order valence-electron chi connectivity index (χ4n) is 2.03. The third-order valence-corrected chi connectivity index (χ3v) is 3.34. The van der Waals surface area contributed by atoms with Crippen LogP contribution in [0.5, 0.6) is 0 Å². The quantitative estimate of drug-likeness (QED) is 0.277. The van der Waals surface area contributed by atoms with Gasteiger partial charge in [0.05, 0.1) is 0 Å². The van der Waals surface area contributed by atoms with E-state index in [0.717, 1.165) is 32.1 Å². The molecule has 0 unspecified atom stereocenters. The van der Waals surface area contributed by atoms with Gasteiger partial charge >= 0.3 is 5.97 Å². The van der Waals surface area contributed by atoms with Gasteiger partial charge in [0.2, 0.25) is 5.78 Å². The van der Waals surface area contributed by atoms with Gasteiger partial charge < -0.3 is 5.11 Å². The normalized spacial score (nSPS) is 11.5. The van der Waals surface area contributed by atoms with Crippen molar-refractivity contribution in [3.63, 3.8) is 0 Å². The van der Waals surface area contributed by atoms with E-state index in [1.54, 1.807) is 0 Å². The Balaban J connectivity index is 3.29. The van der Waals surface area contributed by atoms with Crippen LogP contribution in [0.3, 0.4) is 0 Å². The summed E-state index contributed by atoms with van der Waals surface area (Å²) in [5.41, 5.74) is 0. The number of Topliss-reactive ketones (excluding diaryl/α,β-unsaturated/α-hetero) is 1. The molecular weight excluding hydrogens is 264 g/mol. The number of rotatable bonds is 14. The zero-order valence-corrected chi connectivity index (χ0v) is 13.4. The van der Waals surface area contributed by atoms with Crippen molar-refractivity contribution in [2.45, 2.75) is 77.6 Å². The predicted molar refractivity (Wildman–Crippen MR) is 87.4 cm³/mol. The summed E-state index contributed by atoms with van der Waals surface area (Å²) in [6.07, 6.45) is 20.0. The molecule has 0 radical (unpaired) electrons. The van der Waals surface area contributed by atoms with Crippen molar-refractivity contribution in [2.75, 3.05) is 0 Å². The average molecular weight is 294 g/mol. The molecule has 0 rings (SSSR count). The molecule has 0 aromatic carbocycles. The summed E-state index contributed by atoms with van der Waals surface area (Å²) in [5, 5.41) is 8.42. The first kappa shape index (κ1) is 19.6. The molecule has 0 fully saturated rings. The molecule has 0 aliphatic heterocycles. The average Bonchev–Trinajstić information content (AvgIpc) is 2.47. The predicted octanol–water partition coefficient (Wildman–Crippen LogP) is 5.06. The van der Waals surface area contributed by atoms with Gasteiger partial charge in [-0.1, -0.05) is 56.9 Å². The molecule has 3 heteroatoms. The van der Waals surface area contributed by atoms with Crippen molar-refractivity contribution in [1.29, 1.82) is 0 Å². The van der Waals surface area contributed by atoms with Crippen molar-refractivity contribution >= 4 is 11.8 Å². The lowest BCUT2D eigenvalue weighted by Crippen LogP contribution is -2.11. The highest BCUT2D eigenvalue weighted by atomic mass is 16.4. The smallest absolute Gasteiger partial charge is 0.372 e. The highest BCUT2D eigenvalue weighted by Crippen LogP contribution is 2.07. The van der Waals surface area contributed by atoms with Crippen molar-refractivity contribution < 1.29 is 14.7 Å². The van der Waals surface area contributed by atoms with Crippen LogP contribution in [0.2, 0.25) is 0 Å². The summed E-state index contributed by atoms with van der Waals surface area (Å²) >= 11 is 0. The van der Waals surface area contributed by atoms with Gasteiger partial charge in [-0.3, -0.25) is 4.79 Å². The Morgan fingerprint density at radius 3 is 1.95 bits per heavy atom. The van der Waals surface area contributed by atoms with Gasteiger partial charge in [-0.05, 0) is 38.5 Å². The van der Waals surface area contributed by atoms with Crippen molar-refractivity contribution in [3.05, 3.63) is 24.3 Å². The topological polar surface area (TPSA) is 54.4 Å². The van der Waals surface area contributed by atoms with E-state index < -0.39 is 11.8 Å². The van der Waals surface area contributed by atoms with E-state index in [9.17, 15) is 9.59 Å². The Morgan fingerprint density at radius 1 is 0.810 bits per heavy atom. The van der Waals surface area contributed by atoms with E-state index in [1.807, 2.05) is 0 Å². The van der Waals surface area contributed by atoms with Crippen molar-refractivity contribution in [1.82, 2.24) is 0 Å². The van der Waals surface area contributed by atoms with E-state index in [2.05, 4.69) is 31.2 Å². The molecule has 0 aliphatic carbocycles. The lowest BCUT2D eigenvalue weighted by molar-refractivity contribution is -0.149. The maximum atomic E-state index is 10.8. The molecule has 0 bridgehead atoms. The Morgan fingerprint density at radius 2 is 1.38 bits per heavy atom. The van der Waals surface area contributed by atoms with E-state index in [4.69, 9.17) is 5.11 Å². The molecule has 0 aliphatic rings. The maximum Gasteiger partial charge on any atom is 0.372 e. The minimum absolute atomic E-state index is 0.175. The summed E-state index contributed by atoms with van der Waals surface area (Å²) in [4.78, 5) is 21.1. The number of hydrogen-bond donors (Lipinski definition) is 1. The lowest BCUT2D eigenvalue weighted by Gasteiger charge is -1.97. The summed E-state index contributed by atoms with van der Waals surface area (Å²) in [5.74, 6) is -1.97. The molecule has 21 heavy (non-hydrogen) atoms. The number of hydrogen-bond acceptors (Lipinski definition) is 2. The molecule has 0 atom stereocenters. The molecule has 0 amide bonds. The van der Waals surface area contributed by atoms with Crippen molar-refractivity contribution in [2.24, 2.45) is 0 Å². The minimum Gasteiger partial charge on any atom is -0.476 e. The third kappa shape index (κ3) is 14.8. The van der Waals surface area contributed by atoms with Crippen LogP contribution < -0.4 is 0 Å². The van der Waals surface area contributed by atoms with Crippen LogP contribution in [0.25, 0.3) is 0 Å². The second-order valence-corrected chi connectivity index (χ2v) is 5.36. The number of carboxylic acids is 1. The molecule has 0 saturated carbocycles. The van der Waals surface area contributed by atoms with E-state index >= 15 is 0 Å². The van der Waals surface area contributed by atoms with Gasteiger partial charge in [0.25, 0.3) is 0 Å². The van der Waals surface area contributed by atoms with E-state index in [-0.39, 0.29) is 6.42 Å². The van der Waals surface area contributed by atoms with Crippen LogP contribution in [0.15, 0.2) is 24.3 Å². The first-order valence-corrected chi connectivity index (χ1v) is 8.24. The van der Waals surface area contributed by atoms with Crippen LogP contribution in [0.4, 0.5) is 0 Å². The number of ketones is 1. The van der Waals surface area contributed by atoms with Gasteiger partial charge in [-0.15, -0.1) is 0 Å². The number of aliphatic carboxylic acids is 1. The Hall–Kier alpha value is -1.38. The van der Waals surface area contributed by atoms with Gasteiger partial charge in [0.1, 0.15) is 0 Å². The second kappa shape index (κ2) is 15.0. The number of carboxylic acid groups (broad SMARTS) is 1. The first-order valence-electron chi connectivity index (χ1n) is 8.24. The molecule has 1 N–H and O–H groups in total. The van der Waals surface area contributed by atoms with Crippen LogP contribution in [-0.4, -0.2) is 16.9 Å². The van der Waals surface area contributed by atoms with Crippen LogP contribution >= 0.6 is 0 Å². The summed E-state index contributed by atoms with van der Waals surface area (Å²) < 4.78 is 0. The standard InChI is InChI=1S/C18H30O3/c1-2-3-4-5-6-7-8-9-10-11-12-13-14-15-16-17(19)18(20)21/h6-7,9-10H,2-5,8,11-16H2,1H3,(H,20,21)/b7-6-,10-9-. The fraction of sp³-hybridized carbons (Fsp3) is 0.667. The molecule has 0 saturated heterocycles. The molecule has 0 aromatic rings. The summed E-state index contributed by atoms with van der Waals surface area (Å²) in [6.45, 7) is 2.22. The lowest BCUT2D eigenvalue weighted by atomic mass is 10.1. The van der Waals surface area contributed by atoms with Crippen LogP contribution in [-0.2, 0) is 9.59 Å². The molecular formula is C18H30O3. The minimum atomic E-state index is -1.30. The fourth-order valence-corrected chi connectivity index (χ4v) is 2.03. The molecule has 0 heterocycles. The van der Waals surface area contributed by atoms with Crippen LogP contribution in [0, 0.1) is 0 Å². The maximum absolute atomic E-state index is 10.8. The van der Waals surface area contributed by atoms with Crippen LogP contribution in [0.1, 0.15) is 77.6 Å². The SMILES string of the molecule is CCCCC/C=C\C/C=C\CCCCCCC(=O)C(=O)O. The highest BCUT2D eigenvalue weighted by Gasteiger charge is 2.09. The van der Waals surface area contributed by atoms with Crippen molar-refractivity contribution in [3.8, 4) is 0 Å². The second-order valence-electron chi connectivity index (χ2n) is 5.36. The monoisotopic (exact) mass is 294 g/mol. The molecule has 0 aromatic heterocycles. The zero-order valence-electron chi connectivity index (χ0n) is 13.4. The summed E-state index contributed by atoms with van der Waals surface area (Å²) in [6, 6.07) is 0. The van der Waals surface area contributed by atoms with Gasteiger partial charge in [0.15, 0.2) is 0 Å². The molecule has 3 nitrogen and oxygen atoms in total. The molecule has 120 valence electrons. The first-order chi connectivity index (χ1) is 10.2. The van der Waals surface area contributed by atoms with E-state index in [1.165, 1.54) is 25.7 Å². The Kier molecular flexibility index (Phi) is 14.0. The van der Waals surface area contributed by atoms with Gasteiger partial charge in [-0.25, -0.2) is 4.79 Å². The number of unbranched alkanes of at least 4 members (excludes halogenated alkanes) is 7.